The second-order valence-corrected chi connectivity index (χ2v) is 5.63. The van der Waals surface area contributed by atoms with Crippen molar-refractivity contribution in [2.75, 3.05) is 0 Å². The zero-order valence-electron chi connectivity index (χ0n) is 15.4. The molecule has 0 rings (SSSR count). The number of allylic oxidation sites excluding steroid dienone is 12. The molecule has 0 aliphatic rings. The Labute approximate surface area is 138 Å². The van der Waals surface area contributed by atoms with Crippen LogP contribution < -0.4 is 0 Å². The maximum absolute atomic E-state index is 2.29. The first-order chi connectivity index (χ1) is 10.6. The molecule has 0 radical (unpaired) electrons. The van der Waals surface area contributed by atoms with Crippen LogP contribution in [0.3, 0.4) is 0 Å². The minimum Gasteiger partial charge on any atom is -0.0914 e. The first kappa shape index (κ1) is 20.4. The highest BCUT2D eigenvalue weighted by Gasteiger charge is 2.03. The predicted octanol–water partition coefficient (Wildman–Crippen LogP) is 7.48. The molecule has 0 heterocycles. The minimum absolute atomic E-state index is 1.00. The highest BCUT2D eigenvalue weighted by atomic mass is 14.1. The van der Waals surface area contributed by atoms with Crippen LogP contribution in [-0.2, 0) is 0 Å². The van der Waals surface area contributed by atoms with Gasteiger partial charge in [0.2, 0.25) is 0 Å². The lowest BCUT2D eigenvalue weighted by Gasteiger charge is -2.11. The Balaban J connectivity index is 5.12. The van der Waals surface area contributed by atoms with Crippen molar-refractivity contribution in [3.8, 4) is 0 Å². The highest BCUT2D eigenvalue weighted by Crippen LogP contribution is 2.23. The minimum atomic E-state index is 1.00. The molecular formula is C22H34. The average Bonchev–Trinajstić information content (AvgIpc) is 2.53. The van der Waals surface area contributed by atoms with Gasteiger partial charge in [0.1, 0.15) is 0 Å². The van der Waals surface area contributed by atoms with Crippen LogP contribution in [-0.4, -0.2) is 0 Å². The van der Waals surface area contributed by atoms with Crippen molar-refractivity contribution in [2.24, 2.45) is 0 Å². The summed E-state index contributed by atoms with van der Waals surface area (Å²) in [4.78, 5) is 0. The summed E-state index contributed by atoms with van der Waals surface area (Å²) in [6.07, 6.45) is 21.8. The first-order valence-corrected chi connectivity index (χ1v) is 8.54. The molecule has 0 N–H and O–H groups in total. The van der Waals surface area contributed by atoms with Crippen molar-refractivity contribution in [3.63, 3.8) is 0 Å². The SMILES string of the molecule is CC=CCC=CC(=C(C)CC)C(C)=C(C)CC=CC=CCC. The van der Waals surface area contributed by atoms with Gasteiger partial charge in [0.15, 0.2) is 0 Å². The van der Waals surface area contributed by atoms with Gasteiger partial charge < -0.3 is 0 Å². The van der Waals surface area contributed by atoms with Gasteiger partial charge in [-0.05, 0) is 64.5 Å². The van der Waals surface area contributed by atoms with Crippen LogP contribution in [0.2, 0.25) is 0 Å². The van der Waals surface area contributed by atoms with Gasteiger partial charge in [-0.25, -0.2) is 0 Å². The van der Waals surface area contributed by atoms with Gasteiger partial charge in [0.05, 0.1) is 0 Å². The van der Waals surface area contributed by atoms with Crippen molar-refractivity contribution in [2.45, 2.75) is 67.2 Å². The molecule has 0 aromatic heterocycles. The van der Waals surface area contributed by atoms with Crippen molar-refractivity contribution >= 4 is 0 Å². The summed E-state index contributed by atoms with van der Waals surface area (Å²) in [5.41, 5.74) is 5.73. The van der Waals surface area contributed by atoms with E-state index in [-0.39, 0.29) is 0 Å². The quantitative estimate of drug-likeness (QED) is 0.305. The van der Waals surface area contributed by atoms with Gasteiger partial charge in [-0.3, -0.25) is 0 Å². The molecule has 0 saturated heterocycles. The fourth-order valence-electron chi connectivity index (χ4n) is 2.10. The third-order valence-corrected chi connectivity index (χ3v) is 3.87. The molecular weight excluding hydrogens is 264 g/mol. The molecule has 0 unspecified atom stereocenters. The smallest absolute Gasteiger partial charge is 0.0133 e. The normalized spacial score (nSPS) is 15.4. The molecule has 0 aromatic carbocycles. The highest BCUT2D eigenvalue weighted by molar-refractivity contribution is 5.44. The molecule has 0 aliphatic heterocycles. The van der Waals surface area contributed by atoms with Crippen LogP contribution in [0.5, 0.6) is 0 Å². The molecule has 22 heavy (non-hydrogen) atoms. The van der Waals surface area contributed by atoms with E-state index in [0.29, 0.717) is 0 Å². The molecule has 0 fully saturated rings. The molecule has 0 nitrogen and oxygen atoms in total. The van der Waals surface area contributed by atoms with Crippen molar-refractivity contribution < 1.29 is 0 Å². The summed E-state index contributed by atoms with van der Waals surface area (Å²) < 4.78 is 0. The third-order valence-electron chi connectivity index (χ3n) is 3.87. The number of hydrogen-bond acceptors (Lipinski definition) is 0. The van der Waals surface area contributed by atoms with Crippen molar-refractivity contribution in [1.82, 2.24) is 0 Å². The van der Waals surface area contributed by atoms with Crippen molar-refractivity contribution in [1.29, 1.82) is 0 Å². The van der Waals surface area contributed by atoms with Crippen LogP contribution in [0.25, 0.3) is 0 Å². The summed E-state index contributed by atoms with van der Waals surface area (Å²) in [6, 6.07) is 0. The zero-order valence-corrected chi connectivity index (χ0v) is 15.4. The second kappa shape index (κ2) is 13.1. The Kier molecular flexibility index (Phi) is 12.2. The molecule has 0 aromatic rings. The van der Waals surface area contributed by atoms with E-state index in [1.54, 1.807) is 0 Å². The van der Waals surface area contributed by atoms with Gasteiger partial charge in [-0.15, -0.1) is 0 Å². The molecule has 0 saturated carbocycles. The van der Waals surface area contributed by atoms with E-state index in [1.165, 1.54) is 22.3 Å². The summed E-state index contributed by atoms with van der Waals surface area (Å²) in [5.74, 6) is 0. The Hall–Kier alpha value is -1.56. The van der Waals surface area contributed by atoms with Crippen LogP contribution in [0.15, 0.2) is 70.9 Å². The van der Waals surface area contributed by atoms with E-state index in [2.05, 4.69) is 90.2 Å². The second-order valence-electron chi connectivity index (χ2n) is 5.63. The van der Waals surface area contributed by atoms with Crippen LogP contribution in [0.4, 0.5) is 0 Å². The lowest BCUT2D eigenvalue weighted by atomic mass is 9.94. The zero-order chi connectivity index (χ0) is 16.8. The van der Waals surface area contributed by atoms with Crippen LogP contribution in [0, 0.1) is 0 Å². The average molecular weight is 299 g/mol. The topological polar surface area (TPSA) is 0 Å². The van der Waals surface area contributed by atoms with E-state index < -0.39 is 0 Å². The van der Waals surface area contributed by atoms with E-state index in [1.807, 2.05) is 0 Å². The molecule has 0 spiro atoms. The van der Waals surface area contributed by atoms with Gasteiger partial charge >= 0.3 is 0 Å². The Morgan fingerprint density at radius 1 is 0.818 bits per heavy atom. The van der Waals surface area contributed by atoms with Gasteiger partial charge in [-0.1, -0.05) is 73.6 Å². The molecule has 122 valence electrons. The van der Waals surface area contributed by atoms with E-state index in [0.717, 1.165) is 25.7 Å². The monoisotopic (exact) mass is 298 g/mol. The summed E-state index contributed by atoms with van der Waals surface area (Å²) in [5, 5.41) is 0. The summed E-state index contributed by atoms with van der Waals surface area (Å²) in [7, 11) is 0. The number of hydrogen-bond donors (Lipinski definition) is 0. The maximum Gasteiger partial charge on any atom is -0.0133 e. The Morgan fingerprint density at radius 2 is 1.50 bits per heavy atom. The fourth-order valence-corrected chi connectivity index (χ4v) is 2.10. The molecule has 0 heteroatoms. The van der Waals surface area contributed by atoms with Crippen LogP contribution >= 0.6 is 0 Å². The number of rotatable bonds is 9. The largest absolute Gasteiger partial charge is 0.0914 e. The van der Waals surface area contributed by atoms with E-state index in [9.17, 15) is 0 Å². The summed E-state index contributed by atoms with van der Waals surface area (Å²) >= 11 is 0. The lowest BCUT2D eigenvalue weighted by Crippen LogP contribution is -1.92. The standard InChI is InChI=1S/C22H34/c1-7-10-12-14-15-17-20(5)21(6)22(19(4)9-3)18-16-13-11-8-2/h8,10-12,14-16,18H,7,9,13,17H2,1-6H3. The third kappa shape index (κ3) is 8.67. The Bertz CT molecular complexity index is 476. The lowest BCUT2D eigenvalue weighted by molar-refractivity contribution is 1.05. The van der Waals surface area contributed by atoms with Crippen LogP contribution in [0.1, 0.15) is 67.2 Å². The molecule has 0 amide bonds. The molecule has 0 aliphatic carbocycles. The fraction of sp³-hybridized carbons (Fsp3) is 0.455. The predicted molar refractivity (Wildman–Crippen MR) is 103 cm³/mol. The molecule has 0 bridgehead atoms. The molecule has 0 atom stereocenters. The van der Waals surface area contributed by atoms with Gasteiger partial charge in [0, 0.05) is 0 Å². The van der Waals surface area contributed by atoms with Gasteiger partial charge in [0.25, 0.3) is 0 Å². The van der Waals surface area contributed by atoms with Crippen molar-refractivity contribution in [3.05, 3.63) is 70.9 Å². The Morgan fingerprint density at radius 3 is 2.09 bits per heavy atom. The van der Waals surface area contributed by atoms with E-state index in [4.69, 9.17) is 0 Å². The summed E-state index contributed by atoms with van der Waals surface area (Å²) in [6.45, 7) is 13.2. The van der Waals surface area contributed by atoms with Gasteiger partial charge in [-0.2, -0.15) is 0 Å². The first-order valence-electron chi connectivity index (χ1n) is 8.54. The van der Waals surface area contributed by atoms with E-state index >= 15 is 0 Å². The maximum atomic E-state index is 2.29.